The van der Waals surface area contributed by atoms with Crippen LogP contribution in [0.15, 0.2) is 65.7 Å². The van der Waals surface area contributed by atoms with E-state index in [1.54, 1.807) is 22.0 Å². The molecule has 362 valence electrons. The van der Waals surface area contributed by atoms with Crippen molar-refractivity contribution in [1.29, 1.82) is 0 Å². The Morgan fingerprint density at radius 2 is 1.52 bits per heavy atom. The summed E-state index contributed by atoms with van der Waals surface area (Å²) in [6, 6.07) is 18.4. The van der Waals surface area contributed by atoms with Crippen LogP contribution in [0.3, 0.4) is 0 Å². The summed E-state index contributed by atoms with van der Waals surface area (Å²) in [5, 5.41) is 44.0. The topological polar surface area (TPSA) is 170 Å². The highest BCUT2D eigenvalue weighted by Crippen LogP contribution is 2.40. The Kier molecular flexibility index (Phi) is 14.3. The van der Waals surface area contributed by atoms with Crippen LogP contribution in [0.5, 0.6) is 11.5 Å². The molecular weight excluding hydrogens is 910 g/mol. The minimum Gasteiger partial charge on any atom is -0.508 e. The number of hydrogen-bond donors (Lipinski definition) is 3. The molecule has 1 atom stereocenters. The maximum absolute atomic E-state index is 14.1. The molecule has 6 aromatic rings. The number of carbonyl (C=O) groups is 2. The highest BCUT2D eigenvalue weighted by atomic mass is 35.5. The smallest absolute Gasteiger partial charge is 0.289 e. The fourth-order valence-electron chi connectivity index (χ4n) is 9.97. The summed E-state index contributed by atoms with van der Waals surface area (Å²) < 4.78 is 3.79. The number of hydrogen-bond acceptors (Lipinski definition) is 12. The number of piperidine rings is 1. The quantitative estimate of drug-likeness (QED) is 0.0964. The number of piperazine rings is 1. The predicted molar refractivity (Wildman–Crippen MR) is 270 cm³/mol. The van der Waals surface area contributed by atoms with Crippen molar-refractivity contribution in [3.63, 3.8) is 0 Å². The van der Waals surface area contributed by atoms with Gasteiger partial charge in [-0.25, -0.2) is 0 Å². The molecule has 3 aromatic carbocycles. The van der Waals surface area contributed by atoms with E-state index in [4.69, 9.17) is 16.6 Å². The lowest BCUT2D eigenvalue weighted by atomic mass is 9.95. The minimum absolute atomic E-state index is 0.00418. The number of aryl methyl sites for hydroxylation is 3. The Labute approximate surface area is 412 Å². The van der Waals surface area contributed by atoms with Gasteiger partial charge < -0.3 is 25.3 Å². The molecule has 3 aromatic heterocycles. The van der Waals surface area contributed by atoms with E-state index in [0.717, 1.165) is 111 Å². The molecular formula is C52H62ClN11O4S. The van der Waals surface area contributed by atoms with Crippen molar-refractivity contribution in [2.75, 3.05) is 45.8 Å². The maximum atomic E-state index is 14.1. The number of aromatic nitrogens is 6. The number of nitrogens with zero attached hydrogens (tertiary/aromatic N) is 10. The average molecular weight is 973 g/mol. The second kappa shape index (κ2) is 20.6. The molecule has 0 bridgehead atoms. The first kappa shape index (κ1) is 48.1. The normalized spacial score (nSPS) is 16.9. The summed E-state index contributed by atoms with van der Waals surface area (Å²) >= 11 is 8.02. The molecule has 6 heterocycles. The molecule has 0 radical (unpaired) electrons. The number of amides is 2. The number of aromatic hydroxyl groups is 2. The molecule has 3 N–H and O–H groups in total. The van der Waals surface area contributed by atoms with Crippen LogP contribution in [-0.4, -0.2) is 124 Å². The lowest BCUT2D eigenvalue weighted by Crippen LogP contribution is -2.48. The molecule has 2 saturated heterocycles. The summed E-state index contributed by atoms with van der Waals surface area (Å²) in [7, 11) is 0. The summed E-state index contributed by atoms with van der Waals surface area (Å²) in [5.41, 5.74) is 6.92. The Morgan fingerprint density at radius 3 is 2.20 bits per heavy atom. The van der Waals surface area contributed by atoms with Gasteiger partial charge in [-0.3, -0.25) is 28.6 Å². The summed E-state index contributed by atoms with van der Waals surface area (Å²) in [5.74, 6) is 2.06. The number of phenolic OH excluding ortho intramolecular Hbond substituents is 2. The lowest BCUT2D eigenvalue weighted by molar-refractivity contribution is -0.133. The predicted octanol–water partition coefficient (Wildman–Crippen LogP) is 8.39. The summed E-state index contributed by atoms with van der Waals surface area (Å²) in [6.45, 7) is 19.3. The molecule has 9 rings (SSSR count). The average Bonchev–Trinajstić information content (AvgIpc) is 4.02. The van der Waals surface area contributed by atoms with Gasteiger partial charge in [0, 0.05) is 91.2 Å². The van der Waals surface area contributed by atoms with Crippen molar-refractivity contribution in [2.24, 2.45) is 10.9 Å². The number of nitrogens with one attached hydrogen (secondary N) is 1. The van der Waals surface area contributed by atoms with Gasteiger partial charge in [0.05, 0.1) is 17.7 Å². The van der Waals surface area contributed by atoms with Crippen LogP contribution in [0.4, 0.5) is 0 Å². The van der Waals surface area contributed by atoms with E-state index in [0.29, 0.717) is 45.8 Å². The van der Waals surface area contributed by atoms with Crippen molar-refractivity contribution in [3.8, 4) is 33.6 Å². The minimum atomic E-state index is -0.483. The molecule has 3 aliphatic heterocycles. The van der Waals surface area contributed by atoms with Crippen LogP contribution in [-0.2, 0) is 17.8 Å². The lowest BCUT2D eigenvalue weighted by Gasteiger charge is -2.39. The summed E-state index contributed by atoms with van der Waals surface area (Å²) in [4.78, 5) is 41.4. The Hall–Kier alpha value is -5.94. The second-order valence-corrected chi connectivity index (χ2v) is 20.3. The first-order chi connectivity index (χ1) is 33.3. The van der Waals surface area contributed by atoms with E-state index in [1.807, 2.05) is 69.0 Å². The van der Waals surface area contributed by atoms with Crippen molar-refractivity contribution in [3.05, 3.63) is 116 Å². The Bertz CT molecular complexity index is 2850. The third-order valence-corrected chi connectivity index (χ3v) is 15.7. The van der Waals surface area contributed by atoms with Crippen molar-refractivity contribution in [1.82, 2.24) is 49.5 Å². The first-order valence-corrected chi connectivity index (χ1v) is 25.5. The molecule has 2 amide bonds. The van der Waals surface area contributed by atoms with Crippen molar-refractivity contribution >= 4 is 40.5 Å². The van der Waals surface area contributed by atoms with E-state index in [-0.39, 0.29) is 41.6 Å². The monoisotopic (exact) mass is 971 g/mol. The van der Waals surface area contributed by atoms with Gasteiger partial charge in [-0.15, -0.1) is 31.7 Å². The Balaban J connectivity index is 0.807. The molecule has 0 unspecified atom stereocenters. The molecule has 0 saturated carbocycles. The molecule has 0 spiro atoms. The number of phenols is 2. The molecule has 3 aliphatic rings. The number of rotatable bonds is 14. The number of aliphatic imine (C=N–C) groups is 1. The number of halogens is 1. The van der Waals surface area contributed by atoms with Crippen molar-refractivity contribution in [2.45, 2.75) is 98.7 Å². The van der Waals surface area contributed by atoms with Gasteiger partial charge in [-0.05, 0) is 106 Å². The van der Waals surface area contributed by atoms with E-state index < -0.39 is 6.04 Å². The number of likely N-dealkylation sites (tertiary alicyclic amines) is 1. The van der Waals surface area contributed by atoms with Crippen LogP contribution in [0.2, 0.25) is 5.02 Å². The standard InChI is InChI=1S/C52H62ClN11O4S/c1-7-36-26-41(44(66)28-43(36)65)48-57-59-50(51(68)54-39(8-2)9-3)64(48)40-16-10-34(11-17-40)29-60-22-24-61(25-23-60)30-35-18-20-62(21-19-35)45(67)27-42-49-58-56-33(6)63(49)52-46(31(4)32(5)69-52)47(55-42)37-12-14-38(53)15-13-37/h10-17,26,28,35,39,42,65-66H,7-9,18-25,27,29-30H2,1-6H3,(H,54,68)/t42-/m0/s1. The van der Waals surface area contributed by atoms with Gasteiger partial charge in [-0.1, -0.05) is 56.6 Å². The zero-order valence-electron chi connectivity index (χ0n) is 40.4. The van der Waals surface area contributed by atoms with Gasteiger partial charge in [0.2, 0.25) is 11.7 Å². The van der Waals surface area contributed by atoms with Gasteiger partial charge in [0.15, 0.2) is 11.6 Å². The van der Waals surface area contributed by atoms with Gasteiger partial charge in [0.1, 0.15) is 28.4 Å². The number of thiophene rings is 1. The SMILES string of the molecule is CCc1cc(-c2nnc(C(=O)NC(CC)CC)n2-c2ccc(CN3CCN(CC4CCN(C(=O)C[C@@H]5N=C(c6ccc(Cl)cc6)c6c(sc(C)c6C)-n6c(C)nnc65)CC4)CC3)cc2)c(O)cc1O. The van der Waals surface area contributed by atoms with Crippen molar-refractivity contribution < 1.29 is 19.8 Å². The number of fused-ring (bicyclic) bond motifs is 3. The van der Waals surface area contributed by atoms with E-state index >= 15 is 0 Å². The largest absolute Gasteiger partial charge is 0.508 e. The number of benzene rings is 3. The zero-order valence-corrected chi connectivity index (χ0v) is 41.9. The van der Waals surface area contributed by atoms with Gasteiger partial charge >= 0.3 is 0 Å². The number of carbonyl (C=O) groups excluding carboxylic acids is 2. The third kappa shape index (κ3) is 9.94. The highest BCUT2D eigenvalue weighted by Gasteiger charge is 2.35. The summed E-state index contributed by atoms with van der Waals surface area (Å²) in [6.07, 6.45) is 4.27. The van der Waals surface area contributed by atoms with Gasteiger partial charge in [0.25, 0.3) is 5.91 Å². The van der Waals surface area contributed by atoms with Crippen LogP contribution in [0, 0.1) is 26.7 Å². The van der Waals surface area contributed by atoms with Crippen LogP contribution < -0.4 is 5.32 Å². The van der Waals surface area contributed by atoms with Crippen LogP contribution in [0.25, 0.3) is 22.1 Å². The second-order valence-electron chi connectivity index (χ2n) is 18.7. The van der Waals surface area contributed by atoms with Crippen LogP contribution in [0.1, 0.15) is 114 Å². The maximum Gasteiger partial charge on any atom is 0.289 e. The fraction of sp³-hybridized carbons (Fsp3) is 0.442. The van der Waals surface area contributed by atoms with E-state index in [2.05, 4.69) is 66.1 Å². The molecule has 15 nitrogen and oxygen atoms in total. The van der Waals surface area contributed by atoms with E-state index in [9.17, 15) is 19.8 Å². The third-order valence-electron chi connectivity index (χ3n) is 14.3. The first-order valence-electron chi connectivity index (χ1n) is 24.3. The zero-order chi connectivity index (χ0) is 48.5. The molecule has 0 aliphatic carbocycles. The highest BCUT2D eigenvalue weighted by molar-refractivity contribution is 7.15. The molecule has 69 heavy (non-hydrogen) atoms. The Morgan fingerprint density at radius 1 is 0.826 bits per heavy atom. The molecule has 17 heteroatoms. The van der Waals surface area contributed by atoms with Crippen LogP contribution >= 0.6 is 22.9 Å². The molecule has 2 fully saturated rings. The van der Waals surface area contributed by atoms with Gasteiger partial charge in [-0.2, -0.15) is 0 Å². The fourth-order valence-corrected chi connectivity index (χ4v) is 11.3. The van der Waals surface area contributed by atoms with E-state index in [1.165, 1.54) is 16.5 Å².